The number of nitrogens with one attached hydrogen (secondary N) is 1. The van der Waals surface area contributed by atoms with Crippen LogP contribution in [0.3, 0.4) is 0 Å². The van der Waals surface area contributed by atoms with Gasteiger partial charge in [-0.2, -0.15) is 13.2 Å². The van der Waals surface area contributed by atoms with E-state index in [0.29, 0.717) is 17.9 Å². The lowest BCUT2D eigenvalue weighted by Gasteiger charge is -2.14. The molecule has 0 atom stereocenters. The molecule has 0 bridgehead atoms. The largest absolute Gasteiger partial charge is 0.411 e. The zero-order valence-electron chi connectivity index (χ0n) is 12.8. The summed E-state index contributed by atoms with van der Waals surface area (Å²) >= 11 is 1.20. The molecular formula is C15H17F3N2O3S. The van der Waals surface area contributed by atoms with E-state index in [1.165, 1.54) is 16.7 Å². The molecular weight excluding hydrogens is 345 g/mol. The molecule has 0 saturated carbocycles. The maximum absolute atomic E-state index is 12.0. The molecule has 1 heterocycles. The highest BCUT2D eigenvalue weighted by atomic mass is 32.2. The maximum atomic E-state index is 12.0. The van der Waals surface area contributed by atoms with Gasteiger partial charge in [0.2, 0.25) is 5.91 Å². The van der Waals surface area contributed by atoms with Gasteiger partial charge in [-0.15, -0.1) is 0 Å². The summed E-state index contributed by atoms with van der Waals surface area (Å²) in [6, 6.07) is 6.73. The highest BCUT2D eigenvalue weighted by Crippen LogP contribution is 2.17. The number of hydrogen-bond acceptors (Lipinski definition) is 4. The first kappa shape index (κ1) is 18.6. The van der Waals surface area contributed by atoms with E-state index in [0.717, 1.165) is 5.56 Å². The summed E-state index contributed by atoms with van der Waals surface area (Å²) in [5, 5.41) is 2.62. The second kappa shape index (κ2) is 8.39. The minimum Gasteiger partial charge on any atom is -0.367 e. The molecule has 0 aromatic heterocycles. The fourth-order valence-electron chi connectivity index (χ4n) is 2.04. The first-order valence-electron chi connectivity index (χ1n) is 7.24. The van der Waals surface area contributed by atoms with Crippen molar-refractivity contribution in [2.75, 3.05) is 25.4 Å². The number of nitrogens with zero attached hydrogens (tertiary/aromatic N) is 1. The number of carbonyl (C=O) groups is 2. The number of benzene rings is 1. The van der Waals surface area contributed by atoms with Gasteiger partial charge in [-0.25, -0.2) is 0 Å². The van der Waals surface area contributed by atoms with Gasteiger partial charge < -0.3 is 15.0 Å². The monoisotopic (exact) mass is 362 g/mol. The summed E-state index contributed by atoms with van der Waals surface area (Å²) in [6.07, 6.45) is -4.33. The molecule has 2 rings (SSSR count). The topological polar surface area (TPSA) is 58.6 Å². The van der Waals surface area contributed by atoms with Crippen molar-refractivity contribution in [3.05, 3.63) is 35.4 Å². The zero-order chi connectivity index (χ0) is 17.6. The third-order valence-corrected chi connectivity index (χ3v) is 4.12. The van der Waals surface area contributed by atoms with Gasteiger partial charge in [-0.05, 0) is 11.1 Å². The zero-order valence-corrected chi connectivity index (χ0v) is 13.6. The lowest BCUT2D eigenvalue weighted by atomic mass is 10.1. The van der Waals surface area contributed by atoms with Crippen LogP contribution in [0.4, 0.5) is 18.0 Å². The van der Waals surface area contributed by atoms with Crippen LogP contribution in [0.1, 0.15) is 11.1 Å². The lowest BCUT2D eigenvalue weighted by molar-refractivity contribution is -0.176. The van der Waals surface area contributed by atoms with Gasteiger partial charge >= 0.3 is 6.18 Å². The Morgan fingerprint density at radius 2 is 1.92 bits per heavy atom. The van der Waals surface area contributed by atoms with Crippen LogP contribution in [0.25, 0.3) is 0 Å². The quantitative estimate of drug-likeness (QED) is 0.810. The minimum atomic E-state index is -4.33. The third-order valence-electron chi connectivity index (χ3n) is 3.23. The Morgan fingerprint density at radius 1 is 1.25 bits per heavy atom. The molecule has 0 aliphatic carbocycles. The summed E-state index contributed by atoms with van der Waals surface area (Å²) in [5.74, 6) is 0.452. The number of amides is 2. The number of rotatable bonds is 7. The number of halogens is 3. The van der Waals surface area contributed by atoms with Crippen molar-refractivity contribution in [2.24, 2.45) is 0 Å². The summed E-state index contributed by atoms with van der Waals surface area (Å²) < 4.78 is 40.5. The maximum Gasteiger partial charge on any atom is 0.411 e. The molecule has 1 N–H and O–H groups in total. The highest BCUT2D eigenvalue weighted by Gasteiger charge is 2.27. The van der Waals surface area contributed by atoms with Crippen molar-refractivity contribution in [2.45, 2.75) is 19.3 Å². The molecule has 0 unspecified atom stereocenters. The molecule has 1 aliphatic heterocycles. The normalized spacial score (nSPS) is 15.0. The molecule has 5 nitrogen and oxygen atoms in total. The Labute approximate surface area is 141 Å². The van der Waals surface area contributed by atoms with Crippen LogP contribution in [0.15, 0.2) is 24.3 Å². The van der Waals surface area contributed by atoms with E-state index in [9.17, 15) is 22.8 Å². The number of alkyl halides is 3. The predicted molar refractivity (Wildman–Crippen MR) is 83.4 cm³/mol. The minimum absolute atomic E-state index is 0.0369. The lowest BCUT2D eigenvalue weighted by Crippen LogP contribution is -2.36. The van der Waals surface area contributed by atoms with Gasteiger partial charge in [0.05, 0.1) is 6.61 Å². The Balaban J connectivity index is 1.71. The molecule has 1 saturated heterocycles. The molecule has 1 aromatic rings. The fourth-order valence-corrected chi connectivity index (χ4v) is 2.86. The second-order valence-electron chi connectivity index (χ2n) is 5.24. The van der Waals surface area contributed by atoms with E-state index in [1.54, 1.807) is 24.3 Å². The van der Waals surface area contributed by atoms with Crippen LogP contribution >= 0.6 is 11.8 Å². The molecule has 132 valence electrons. The first-order valence-corrected chi connectivity index (χ1v) is 8.23. The standard InChI is InChI=1S/C15H17F3N2O3S/c16-15(17,18)10-23-9-12-3-1-11(2-4-12)7-19-13(21)8-20-5-6-24-14(20)22/h1-4H,5-10H2,(H,19,21). The Hall–Kier alpha value is -1.74. The van der Waals surface area contributed by atoms with Crippen LogP contribution in [-0.4, -0.2) is 47.7 Å². The van der Waals surface area contributed by atoms with Gasteiger partial charge in [0.25, 0.3) is 5.24 Å². The third kappa shape index (κ3) is 6.40. The molecule has 2 amide bonds. The van der Waals surface area contributed by atoms with Crippen LogP contribution in [0.5, 0.6) is 0 Å². The van der Waals surface area contributed by atoms with Gasteiger partial charge in [0.15, 0.2) is 0 Å². The molecule has 1 fully saturated rings. The van der Waals surface area contributed by atoms with Crippen molar-refractivity contribution < 1.29 is 27.5 Å². The molecule has 1 aliphatic rings. The molecule has 0 spiro atoms. The Morgan fingerprint density at radius 3 is 2.50 bits per heavy atom. The summed E-state index contributed by atoms with van der Waals surface area (Å²) in [4.78, 5) is 24.7. The Bertz CT molecular complexity index is 578. The average molecular weight is 362 g/mol. The van der Waals surface area contributed by atoms with E-state index < -0.39 is 12.8 Å². The van der Waals surface area contributed by atoms with Crippen LogP contribution < -0.4 is 5.32 Å². The van der Waals surface area contributed by atoms with Gasteiger partial charge in [-0.3, -0.25) is 9.59 Å². The number of thioether (sulfide) groups is 1. The highest BCUT2D eigenvalue weighted by molar-refractivity contribution is 8.13. The molecule has 24 heavy (non-hydrogen) atoms. The SMILES string of the molecule is O=C(CN1CCSC1=O)NCc1ccc(COCC(F)(F)F)cc1. The predicted octanol–water partition coefficient (Wildman–Crippen LogP) is 2.55. The summed E-state index contributed by atoms with van der Waals surface area (Å²) in [5.41, 5.74) is 1.43. The van der Waals surface area contributed by atoms with Gasteiger partial charge in [0, 0.05) is 18.8 Å². The van der Waals surface area contributed by atoms with Crippen molar-refractivity contribution in [1.82, 2.24) is 10.2 Å². The average Bonchev–Trinajstić information content (AvgIpc) is 2.90. The van der Waals surface area contributed by atoms with Gasteiger partial charge in [0.1, 0.15) is 13.2 Å². The molecule has 0 radical (unpaired) electrons. The molecule has 1 aromatic carbocycles. The van der Waals surface area contributed by atoms with E-state index in [-0.39, 0.29) is 30.8 Å². The van der Waals surface area contributed by atoms with Crippen LogP contribution in [0.2, 0.25) is 0 Å². The smallest absolute Gasteiger partial charge is 0.367 e. The van der Waals surface area contributed by atoms with E-state index >= 15 is 0 Å². The van der Waals surface area contributed by atoms with Crippen molar-refractivity contribution in [1.29, 1.82) is 0 Å². The number of hydrogen-bond donors (Lipinski definition) is 1. The fraction of sp³-hybridized carbons (Fsp3) is 0.467. The second-order valence-corrected chi connectivity index (χ2v) is 6.28. The number of carbonyl (C=O) groups excluding carboxylic acids is 2. The number of ether oxygens (including phenoxy) is 1. The van der Waals surface area contributed by atoms with Crippen LogP contribution in [0, 0.1) is 0 Å². The molecule has 9 heteroatoms. The summed E-state index contributed by atoms with van der Waals surface area (Å²) in [6.45, 7) is -0.504. The van der Waals surface area contributed by atoms with E-state index in [4.69, 9.17) is 0 Å². The first-order chi connectivity index (χ1) is 11.3. The van der Waals surface area contributed by atoms with Crippen molar-refractivity contribution in [3.63, 3.8) is 0 Å². The van der Waals surface area contributed by atoms with Gasteiger partial charge in [-0.1, -0.05) is 36.0 Å². The van der Waals surface area contributed by atoms with Crippen molar-refractivity contribution in [3.8, 4) is 0 Å². The summed E-state index contributed by atoms with van der Waals surface area (Å²) in [7, 11) is 0. The van der Waals surface area contributed by atoms with Crippen molar-refractivity contribution >= 4 is 22.9 Å². The Kier molecular flexibility index (Phi) is 6.50. The van der Waals surface area contributed by atoms with E-state index in [1.807, 2.05) is 0 Å². The van der Waals surface area contributed by atoms with E-state index in [2.05, 4.69) is 10.1 Å². The van der Waals surface area contributed by atoms with Crippen LogP contribution in [-0.2, 0) is 22.7 Å².